The first kappa shape index (κ1) is 14.2. The number of carbonyl (C=O) groups excluding carboxylic acids is 1. The summed E-state index contributed by atoms with van der Waals surface area (Å²) in [4.78, 5) is 16.5. The Kier molecular flexibility index (Phi) is 5.05. The Morgan fingerprint density at radius 1 is 1.16 bits per heavy atom. The van der Waals surface area contributed by atoms with Crippen LogP contribution in [0.15, 0.2) is 24.3 Å². The minimum absolute atomic E-state index is 0.0349. The van der Waals surface area contributed by atoms with E-state index < -0.39 is 0 Å². The molecule has 0 unspecified atom stereocenters. The van der Waals surface area contributed by atoms with Gasteiger partial charge in [-0.1, -0.05) is 0 Å². The lowest BCUT2D eigenvalue weighted by atomic mass is 10.2. The molecule has 0 atom stereocenters. The molecule has 1 N–H and O–H groups in total. The number of nitrogens with zero attached hydrogens (tertiary/aromatic N) is 2. The quantitative estimate of drug-likeness (QED) is 0.860. The number of alkyl halides is 1. The summed E-state index contributed by atoms with van der Waals surface area (Å²) in [5.41, 5.74) is 0.628. The van der Waals surface area contributed by atoms with Crippen LogP contribution in [0.25, 0.3) is 0 Å². The smallest absolute Gasteiger partial charge is 0.253 e. The highest BCUT2D eigenvalue weighted by atomic mass is 35.5. The van der Waals surface area contributed by atoms with E-state index in [1.165, 1.54) is 0 Å². The van der Waals surface area contributed by atoms with Crippen molar-refractivity contribution in [3.8, 4) is 5.75 Å². The van der Waals surface area contributed by atoms with Gasteiger partial charge in [0.25, 0.3) is 5.91 Å². The first-order valence-corrected chi connectivity index (χ1v) is 7.11. The van der Waals surface area contributed by atoms with Crippen molar-refractivity contribution in [1.82, 2.24) is 9.80 Å². The lowest BCUT2D eigenvalue weighted by Crippen LogP contribution is -2.35. The van der Waals surface area contributed by atoms with Crippen LogP contribution < -0.4 is 0 Å². The normalized spacial score (nSPS) is 17.2. The second kappa shape index (κ2) is 6.78. The van der Waals surface area contributed by atoms with E-state index in [9.17, 15) is 9.90 Å². The fourth-order valence-electron chi connectivity index (χ4n) is 2.30. The van der Waals surface area contributed by atoms with E-state index in [-0.39, 0.29) is 11.7 Å². The number of aromatic hydroxyl groups is 1. The molecule has 1 aromatic carbocycles. The molecule has 0 spiro atoms. The van der Waals surface area contributed by atoms with Crippen molar-refractivity contribution in [2.45, 2.75) is 6.42 Å². The van der Waals surface area contributed by atoms with E-state index in [4.69, 9.17) is 11.6 Å². The van der Waals surface area contributed by atoms with Crippen LogP contribution in [0.2, 0.25) is 0 Å². The predicted molar refractivity (Wildman–Crippen MR) is 75.8 cm³/mol. The van der Waals surface area contributed by atoms with E-state index in [2.05, 4.69) is 4.90 Å². The monoisotopic (exact) mass is 282 g/mol. The van der Waals surface area contributed by atoms with Crippen LogP contribution in [0, 0.1) is 0 Å². The Morgan fingerprint density at radius 3 is 2.58 bits per heavy atom. The third-order valence-electron chi connectivity index (χ3n) is 3.39. The van der Waals surface area contributed by atoms with E-state index in [1.807, 2.05) is 4.90 Å². The van der Waals surface area contributed by atoms with Gasteiger partial charge in [-0.25, -0.2) is 0 Å². The molecule has 1 aromatic rings. The second-order valence-corrected chi connectivity index (χ2v) is 5.10. The Hall–Kier alpha value is -1.26. The Labute approximate surface area is 118 Å². The summed E-state index contributed by atoms with van der Waals surface area (Å²) in [6.07, 6.45) is 0.973. The topological polar surface area (TPSA) is 43.8 Å². The van der Waals surface area contributed by atoms with Crippen LogP contribution in [-0.2, 0) is 0 Å². The highest BCUT2D eigenvalue weighted by molar-refractivity contribution is 6.18. The molecular formula is C14H19ClN2O2. The van der Waals surface area contributed by atoms with Gasteiger partial charge in [-0.15, -0.1) is 11.6 Å². The van der Waals surface area contributed by atoms with Gasteiger partial charge in [0.2, 0.25) is 0 Å². The molecule has 5 heteroatoms. The Balaban J connectivity index is 1.98. The summed E-state index contributed by atoms with van der Waals surface area (Å²) in [5, 5.41) is 9.24. The predicted octanol–water partition coefficient (Wildman–Crippen LogP) is 1.78. The standard InChI is InChI=1S/C14H19ClN2O2/c15-6-9-16-7-1-8-17(11-10-16)14(19)12-2-4-13(18)5-3-12/h2-5,18H,1,6-11H2. The highest BCUT2D eigenvalue weighted by Crippen LogP contribution is 2.13. The van der Waals surface area contributed by atoms with Crippen molar-refractivity contribution >= 4 is 17.5 Å². The molecule has 0 aliphatic carbocycles. The Morgan fingerprint density at radius 2 is 1.89 bits per heavy atom. The lowest BCUT2D eigenvalue weighted by Gasteiger charge is -2.21. The average Bonchev–Trinajstić information content (AvgIpc) is 2.65. The van der Waals surface area contributed by atoms with Crippen LogP contribution in [-0.4, -0.2) is 59.4 Å². The largest absolute Gasteiger partial charge is 0.508 e. The van der Waals surface area contributed by atoms with Crippen molar-refractivity contribution in [2.75, 3.05) is 38.6 Å². The van der Waals surface area contributed by atoms with Gasteiger partial charge in [0.1, 0.15) is 5.75 Å². The fourth-order valence-corrected chi connectivity index (χ4v) is 2.54. The maximum atomic E-state index is 12.3. The van der Waals surface area contributed by atoms with Crippen LogP contribution in [0.1, 0.15) is 16.8 Å². The van der Waals surface area contributed by atoms with Crippen LogP contribution >= 0.6 is 11.6 Å². The third kappa shape index (κ3) is 3.85. The number of phenols is 1. The molecule has 2 rings (SSSR count). The molecule has 1 fully saturated rings. The summed E-state index contributed by atoms with van der Waals surface area (Å²) >= 11 is 5.75. The molecule has 1 amide bonds. The fraction of sp³-hybridized carbons (Fsp3) is 0.500. The molecule has 1 aliphatic rings. The number of hydrogen-bond acceptors (Lipinski definition) is 3. The summed E-state index contributed by atoms with van der Waals surface area (Å²) in [7, 11) is 0. The molecule has 104 valence electrons. The number of hydrogen-bond donors (Lipinski definition) is 1. The maximum Gasteiger partial charge on any atom is 0.253 e. The van der Waals surface area contributed by atoms with Gasteiger partial charge in [-0.2, -0.15) is 0 Å². The first-order chi connectivity index (χ1) is 9.20. The second-order valence-electron chi connectivity index (χ2n) is 4.72. The molecule has 4 nitrogen and oxygen atoms in total. The molecule has 0 aromatic heterocycles. The first-order valence-electron chi connectivity index (χ1n) is 6.57. The van der Waals surface area contributed by atoms with Crippen LogP contribution in [0.4, 0.5) is 0 Å². The van der Waals surface area contributed by atoms with Crippen molar-refractivity contribution in [3.05, 3.63) is 29.8 Å². The van der Waals surface area contributed by atoms with Gasteiger partial charge in [0, 0.05) is 37.6 Å². The summed E-state index contributed by atoms with van der Waals surface area (Å²) in [5.74, 6) is 0.847. The average molecular weight is 283 g/mol. The number of halogens is 1. The molecule has 19 heavy (non-hydrogen) atoms. The number of phenolic OH excluding ortho intramolecular Hbond substituents is 1. The van der Waals surface area contributed by atoms with Crippen molar-refractivity contribution in [1.29, 1.82) is 0 Å². The van der Waals surface area contributed by atoms with Crippen molar-refractivity contribution in [2.24, 2.45) is 0 Å². The molecule has 1 aliphatic heterocycles. The number of carbonyl (C=O) groups is 1. The van der Waals surface area contributed by atoms with E-state index in [0.29, 0.717) is 11.4 Å². The van der Waals surface area contributed by atoms with E-state index in [0.717, 1.165) is 39.1 Å². The Bertz CT molecular complexity index is 422. The number of benzene rings is 1. The van der Waals surface area contributed by atoms with E-state index in [1.54, 1.807) is 24.3 Å². The van der Waals surface area contributed by atoms with Crippen molar-refractivity contribution in [3.63, 3.8) is 0 Å². The van der Waals surface area contributed by atoms with Crippen LogP contribution in [0.5, 0.6) is 5.75 Å². The highest BCUT2D eigenvalue weighted by Gasteiger charge is 2.19. The number of rotatable bonds is 3. The van der Waals surface area contributed by atoms with Crippen molar-refractivity contribution < 1.29 is 9.90 Å². The minimum atomic E-state index is 0.0349. The van der Waals surface area contributed by atoms with Gasteiger partial charge < -0.3 is 14.9 Å². The zero-order chi connectivity index (χ0) is 13.7. The summed E-state index contributed by atoms with van der Waals surface area (Å²) in [6.45, 7) is 4.25. The molecular weight excluding hydrogens is 264 g/mol. The zero-order valence-electron chi connectivity index (χ0n) is 10.9. The molecule has 0 bridgehead atoms. The minimum Gasteiger partial charge on any atom is -0.508 e. The number of amides is 1. The van der Waals surface area contributed by atoms with Crippen LogP contribution in [0.3, 0.4) is 0 Å². The third-order valence-corrected chi connectivity index (χ3v) is 3.56. The van der Waals surface area contributed by atoms with E-state index >= 15 is 0 Å². The lowest BCUT2D eigenvalue weighted by molar-refractivity contribution is 0.0762. The maximum absolute atomic E-state index is 12.3. The van der Waals surface area contributed by atoms with Gasteiger partial charge in [0.05, 0.1) is 0 Å². The van der Waals surface area contributed by atoms with Gasteiger partial charge in [0.15, 0.2) is 0 Å². The summed E-state index contributed by atoms with van der Waals surface area (Å²) < 4.78 is 0. The molecule has 0 radical (unpaired) electrons. The SMILES string of the molecule is O=C(c1ccc(O)cc1)N1CCCN(CCCl)CC1. The molecule has 0 saturated carbocycles. The molecule has 1 heterocycles. The zero-order valence-corrected chi connectivity index (χ0v) is 11.6. The van der Waals surface area contributed by atoms with Gasteiger partial charge >= 0.3 is 0 Å². The summed E-state index contributed by atoms with van der Waals surface area (Å²) in [6, 6.07) is 6.42. The molecule has 1 saturated heterocycles. The van der Waals surface area contributed by atoms with Gasteiger partial charge in [-0.05, 0) is 37.2 Å². The van der Waals surface area contributed by atoms with Gasteiger partial charge in [-0.3, -0.25) is 4.79 Å².